The first-order chi connectivity index (χ1) is 20.1. The molecule has 0 radical (unpaired) electrons. The number of hydrogen-bond acceptors (Lipinski definition) is 8. The minimum absolute atomic E-state index is 0.577. The van der Waals surface area contributed by atoms with Gasteiger partial charge in [-0.25, -0.2) is 0 Å². The van der Waals surface area contributed by atoms with E-state index in [1.54, 1.807) is 56.7 Å². The molecule has 2 N–H and O–H groups in total. The Morgan fingerprint density at radius 3 is 1.51 bits per heavy atom. The molecule has 0 aromatic carbocycles. The normalized spacial score (nSPS) is 11.0. The molecule has 7 rings (SSSR count). The fourth-order valence-electron chi connectivity index (χ4n) is 3.95. The van der Waals surface area contributed by atoms with Crippen LogP contribution in [-0.2, 0) is 0 Å². The van der Waals surface area contributed by atoms with E-state index in [4.69, 9.17) is 5.73 Å². The maximum atomic E-state index is 9.69. The Morgan fingerprint density at radius 2 is 0.927 bits per heavy atom. The van der Waals surface area contributed by atoms with E-state index in [1.165, 1.54) is 16.2 Å². The number of nitriles is 1. The van der Waals surface area contributed by atoms with Gasteiger partial charge in [0.05, 0.1) is 25.9 Å². The second kappa shape index (κ2) is 11.0. The first-order valence-corrected chi connectivity index (χ1v) is 16.9. The van der Waals surface area contributed by atoms with E-state index < -0.39 is 0 Å². The number of thiophene rings is 6. The summed E-state index contributed by atoms with van der Waals surface area (Å²) in [6.07, 6.45) is 0. The SMILES string of the molecule is N#Cc1cc2sc1C#CC#Cc1ccc(s1)-c1ccc(s1)-c1cc(N)c(s1)C#CC#Cc1ccc(s1)-c1ccc-2s1. The Morgan fingerprint density at radius 1 is 0.488 bits per heavy atom. The minimum Gasteiger partial charge on any atom is -0.397 e. The zero-order valence-corrected chi connectivity index (χ0v) is 25.6. The van der Waals surface area contributed by atoms with E-state index >= 15 is 0 Å². The van der Waals surface area contributed by atoms with Crippen molar-refractivity contribution in [1.82, 2.24) is 0 Å². The van der Waals surface area contributed by atoms with Gasteiger partial charge in [-0.05, 0) is 108 Å². The van der Waals surface area contributed by atoms with E-state index in [0.717, 1.165) is 53.6 Å². The fraction of sp³-hybridized carbons (Fsp3) is 0. The summed E-state index contributed by atoms with van der Waals surface area (Å²) >= 11 is 9.80. The van der Waals surface area contributed by atoms with Gasteiger partial charge in [0.1, 0.15) is 10.9 Å². The van der Waals surface area contributed by atoms with Gasteiger partial charge in [0.2, 0.25) is 0 Å². The molecule has 0 fully saturated rings. The Kier molecular flexibility index (Phi) is 6.86. The van der Waals surface area contributed by atoms with E-state index in [-0.39, 0.29) is 0 Å². The molecular weight excluding hydrogens is 617 g/mol. The molecule has 0 saturated heterocycles. The average Bonchev–Trinajstić information content (AvgIpc) is 3.79. The molecule has 12 bridgehead atoms. The van der Waals surface area contributed by atoms with Crippen LogP contribution in [0.3, 0.4) is 0 Å². The van der Waals surface area contributed by atoms with Crippen molar-refractivity contribution < 1.29 is 0 Å². The van der Waals surface area contributed by atoms with Gasteiger partial charge >= 0.3 is 0 Å². The zero-order valence-electron chi connectivity index (χ0n) is 20.7. The first-order valence-electron chi connectivity index (χ1n) is 12.0. The summed E-state index contributed by atoms with van der Waals surface area (Å²) in [6, 6.07) is 22.9. The van der Waals surface area contributed by atoms with Crippen LogP contribution in [0.5, 0.6) is 0 Å². The van der Waals surface area contributed by atoms with Crippen molar-refractivity contribution >= 4 is 73.7 Å². The van der Waals surface area contributed by atoms with Crippen LogP contribution < -0.4 is 5.73 Å². The molecule has 41 heavy (non-hydrogen) atoms. The van der Waals surface area contributed by atoms with E-state index in [0.29, 0.717) is 11.3 Å². The highest BCUT2D eigenvalue weighted by molar-refractivity contribution is 7.27. The molecule has 190 valence electrons. The Balaban J connectivity index is 1.30. The first kappa shape index (κ1) is 25.7. The van der Waals surface area contributed by atoms with Crippen LogP contribution in [0.4, 0.5) is 5.69 Å². The third-order valence-corrected chi connectivity index (χ3v) is 12.9. The van der Waals surface area contributed by atoms with Crippen molar-refractivity contribution in [3.05, 3.63) is 85.7 Å². The van der Waals surface area contributed by atoms with Gasteiger partial charge in [-0.15, -0.1) is 68.0 Å². The highest BCUT2D eigenvalue weighted by atomic mass is 32.1. The quantitative estimate of drug-likeness (QED) is 0.171. The van der Waals surface area contributed by atoms with Crippen LogP contribution in [0.15, 0.2) is 60.7 Å². The molecule has 6 aromatic rings. The highest BCUT2D eigenvalue weighted by Gasteiger charge is 2.13. The second-order valence-corrected chi connectivity index (χ2v) is 15.0. The molecular formula is C33H12N2S6. The van der Waals surface area contributed by atoms with Gasteiger partial charge < -0.3 is 5.73 Å². The zero-order chi connectivity index (χ0) is 27.8. The molecule has 7 heterocycles. The predicted molar refractivity (Wildman–Crippen MR) is 179 cm³/mol. The van der Waals surface area contributed by atoms with Gasteiger partial charge in [-0.3, -0.25) is 0 Å². The molecule has 2 nitrogen and oxygen atoms in total. The summed E-state index contributed by atoms with van der Waals surface area (Å²) in [6.45, 7) is 0. The molecule has 0 aliphatic carbocycles. The fourth-order valence-corrected chi connectivity index (χ4v) is 9.92. The number of nitrogens with zero attached hydrogens (tertiary/aromatic N) is 1. The lowest BCUT2D eigenvalue weighted by Gasteiger charge is -1.90. The smallest absolute Gasteiger partial charge is 0.101 e. The number of nitrogen functional groups attached to an aromatic ring is 1. The molecule has 8 heteroatoms. The van der Waals surface area contributed by atoms with Crippen molar-refractivity contribution in [2.45, 2.75) is 0 Å². The Labute approximate surface area is 261 Å². The van der Waals surface area contributed by atoms with Gasteiger partial charge in [-0.1, -0.05) is 0 Å². The van der Waals surface area contributed by atoms with Gasteiger partial charge in [0.15, 0.2) is 0 Å². The molecule has 0 amide bonds. The number of hydrogen-bond donors (Lipinski definition) is 1. The topological polar surface area (TPSA) is 49.8 Å². The molecule has 6 aromatic heterocycles. The number of rotatable bonds is 0. The van der Waals surface area contributed by atoms with E-state index in [1.807, 2.05) is 24.3 Å². The highest BCUT2D eigenvalue weighted by Crippen LogP contribution is 2.42. The largest absolute Gasteiger partial charge is 0.397 e. The summed E-state index contributed by atoms with van der Waals surface area (Å²) < 4.78 is 0. The van der Waals surface area contributed by atoms with Crippen LogP contribution in [0.1, 0.15) is 25.1 Å². The standard InChI is InChI=1S/C33H12N2S6/c34-19-20-17-32-30-15-13-28(40-30)26-11-10-22(37-26)6-2-4-8-25-23(35)18-33(39-25)31-16-14-29(41-31)27-12-9-21(36-27)5-1-3-7-24(20)38-32/h9-18H,35H2. The number of fused-ring (bicyclic) bond motifs is 16. The monoisotopic (exact) mass is 628 g/mol. The van der Waals surface area contributed by atoms with Crippen molar-refractivity contribution in [3.8, 4) is 92.4 Å². The van der Waals surface area contributed by atoms with E-state index in [9.17, 15) is 5.26 Å². The van der Waals surface area contributed by atoms with Crippen LogP contribution in [0.25, 0.3) is 39.0 Å². The Hall–Kier alpha value is -4.27. The lowest BCUT2D eigenvalue weighted by atomic mass is 10.2. The van der Waals surface area contributed by atoms with Crippen LogP contribution in [0.2, 0.25) is 0 Å². The predicted octanol–water partition coefficient (Wildman–Crippen LogP) is 9.30. The summed E-state index contributed by atoms with van der Waals surface area (Å²) in [5, 5.41) is 9.69. The van der Waals surface area contributed by atoms with Crippen LogP contribution >= 0.6 is 68.0 Å². The molecule has 0 spiro atoms. The lowest BCUT2D eigenvalue weighted by molar-refractivity contribution is 1.50. The molecule has 0 saturated carbocycles. The summed E-state index contributed by atoms with van der Waals surface area (Å²) in [4.78, 5) is 12.5. The number of anilines is 1. The lowest BCUT2D eigenvalue weighted by Crippen LogP contribution is -1.81. The van der Waals surface area contributed by atoms with Crippen molar-refractivity contribution in [2.75, 3.05) is 5.73 Å². The third-order valence-electron chi connectivity index (χ3n) is 5.86. The van der Waals surface area contributed by atoms with Crippen molar-refractivity contribution in [1.29, 1.82) is 5.26 Å². The van der Waals surface area contributed by atoms with Gasteiger partial charge in [0, 0.05) is 39.0 Å². The maximum Gasteiger partial charge on any atom is 0.101 e. The van der Waals surface area contributed by atoms with Gasteiger partial charge in [0.25, 0.3) is 0 Å². The van der Waals surface area contributed by atoms with Gasteiger partial charge in [-0.2, -0.15) is 5.26 Å². The van der Waals surface area contributed by atoms with Crippen LogP contribution in [-0.4, -0.2) is 0 Å². The molecule has 1 aliphatic heterocycles. The third kappa shape index (κ3) is 5.28. The summed E-state index contributed by atoms with van der Waals surface area (Å²) in [5.74, 6) is 24.5. The van der Waals surface area contributed by atoms with Crippen LogP contribution in [0, 0.1) is 58.7 Å². The second-order valence-electron chi connectivity index (χ2n) is 8.52. The average molecular weight is 629 g/mol. The maximum absolute atomic E-state index is 9.69. The Bertz CT molecular complexity index is 2270. The van der Waals surface area contributed by atoms with Crippen molar-refractivity contribution in [3.63, 3.8) is 0 Å². The molecule has 0 unspecified atom stereocenters. The summed E-state index contributed by atoms with van der Waals surface area (Å²) in [5.41, 5.74) is 7.54. The molecule has 1 aliphatic rings. The molecule has 0 atom stereocenters. The van der Waals surface area contributed by atoms with Crippen molar-refractivity contribution in [2.24, 2.45) is 0 Å². The minimum atomic E-state index is 0.577. The summed E-state index contributed by atoms with van der Waals surface area (Å²) in [7, 11) is 0. The van der Waals surface area contributed by atoms with E-state index in [2.05, 4.69) is 89.8 Å². The number of nitrogens with two attached hydrogens (primary N) is 1.